The minimum atomic E-state index is -1.62. The minimum absolute atomic E-state index is 0.0972. The summed E-state index contributed by atoms with van der Waals surface area (Å²) in [6, 6.07) is -1.03. The first-order valence-electron chi connectivity index (χ1n) is 35.2. The summed E-state index contributed by atoms with van der Waals surface area (Å²) in [4.78, 5) is 26.6. The Labute approximate surface area is 515 Å². The van der Waals surface area contributed by atoms with Gasteiger partial charge in [-0.2, -0.15) is 0 Å². The maximum Gasteiger partial charge on any atom is 0.306 e. The molecule has 8 atom stereocenters. The third-order valence-corrected chi connectivity index (χ3v) is 16.3. The lowest BCUT2D eigenvalue weighted by atomic mass is 9.99. The van der Waals surface area contributed by atoms with Gasteiger partial charge in [-0.3, -0.25) is 9.59 Å². The van der Waals surface area contributed by atoms with Crippen LogP contribution in [0.4, 0.5) is 0 Å². The summed E-state index contributed by atoms with van der Waals surface area (Å²) in [6.07, 6.45) is 68.0. The van der Waals surface area contributed by atoms with E-state index in [1.165, 1.54) is 180 Å². The van der Waals surface area contributed by atoms with Gasteiger partial charge in [0.2, 0.25) is 5.91 Å². The molecule has 0 saturated carbocycles. The predicted molar refractivity (Wildman–Crippen MR) is 352 cm³/mol. The number of ether oxygens (including phenoxy) is 3. The molecule has 1 saturated heterocycles. The van der Waals surface area contributed by atoms with Crippen molar-refractivity contribution < 1.29 is 49.3 Å². The molecule has 1 aliphatic heterocycles. The molecule has 1 rings (SSSR count). The number of aliphatic hydroxyl groups is 5. The van der Waals surface area contributed by atoms with Gasteiger partial charge in [0, 0.05) is 6.42 Å². The molecule has 8 unspecified atom stereocenters. The fourth-order valence-corrected chi connectivity index (χ4v) is 10.7. The number of esters is 1. The zero-order chi connectivity index (χ0) is 61.0. The Bertz CT molecular complexity index is 1640. The number of carbonyl (C=O) groups excluding carboxylic acids is 2. The van der Waals surface area contributed by atoms with Gasteiger partial charge in [-0.25, -0.2) is 0 Å². The van der Waals surface area contributed by atoms with Gasteiger partial charge in [-0.05, 0) is 96.3 Å². The summed E-state index contributed by atoms with van der Waals surface area (Å²) in [5.41, 5.74) is 0. The molecule has 0 aromatic rings. The van der Waals surface area contributed by atoms with Crippen LogP contribution in [-0.4, -0.2) is 99.6 Å². The second-order valence-corrected chi connectivity index (χ2v) is 24.3. The van der Waals surface area contributed by atoms with Crippen LogP contribution in [0.25, 0.3) is 0 Å². The predicted octanol–water partition coefficient (Wildman–Crippen LogP) is 17.9. The topological polar surface area (TPSA) is 175 Å². The van der Waals surface area contributed by atoms with Crippen LogP contribution in [0.2, 0.25) is 0 Å². The van der Waals surface area contributed by atoms with Crippen molar-refractivity contribution in [2.45, 2.75) is 365 Å². The molecule has 0 spiro atoms. The van der Waals surface area contributed by atoms with E-state index in [1.54, 1.807) is 6.08 Å². The summed E-state index contributed by atoms with van der Waals surface area (Å²) < 4.78 is 17.6. The van der Waals surface area contributed by atoms with Crippen LogP contribution in [-0.2, 0) is 23.8 Å². The number of aliphatic hydroxyl groups excluding tert-OH is 5. The van der Waals surface area contributed by atoms with Crippen molar-refractivity contribution >= 4 is 11.9 Å². The highest BCUT2D eigenvalue weighted by Gasteiger charge is 2.47. The van der Waals surface area contributed by atoms with Crippen molar-refractivity contribution in [3.05, 3.63) is 72.9 Å². The zero-order valence-electron chi connectivity index (χ0n) is 54.3. The van der Waals surface area contributed by atoms with E-state index >= 15 is 0 Å². The molecule has 1 aliphatic rings. The van der Waals surface area contributed by atoms with E-state index in [2.05, 4.69) is 86.8 Å². The third kappa shape index (κ3) is 47.2. The Kier molecular flexibility index (Phi) is 56.9. The molecule has 1 heterocycles. The van der Waals surface area contributed by atoms with Crippen molar-refractivity contribution in [3.8, 4) is 0 Å². The molecule has 0 radical (unpaired) electrons. The van der Waals surface area contributed by atoms with E-state index < -0.39 is 67.4 Å². The van der Waals surface area contributed by atoms with E-state index in [0.717, 1.165) is 89.9 Å². The number of rotatable bonds is 60. The number of amides is 1. The highest BCUT2D eigenvalue weighted by Crippen LogP contribution is 2.26. The Balaban J connectivity index is 2.57. The molecule has 0 aromatic carbocycles. The van der Waals surface area contributed by atoms with Crippen LogP contribution in [0, 0.1) is 0 Å². The summed E-state index contributed by atoms with van der Waals surface area (Å²) in [7, 11) is 0. The van der Waals surface area contributed by atoms with Crippen molar-refractivity contribution in [3.63, 3.8) is 0 Å². The molecular formula is C73H131NO10. The van der Waals surface area contributed by atoms with Crippen molar-refractivity contribution in [1.29, 1.82) is 0 Å². The Morgan fingerprint density at radius 1 is 0.464 bits per heavy atom. The van der Waals surface area contributed by atoms with Crippen LogP contribution < -0.4 is 5.32 Å². The van der Waals surface area contributed by atoms with Gasteiger partial charge in [0.15, 0.2) is 12.4 Å². The van der Waals surface area contributed by atoms with E-state index in [0.29, 0.717) is 12.8 Å². The van der Waals surface area contributed by atoms with Gasteiger partial charge in [0.1, 0.15) is 24.4 Å². The van der Waals surface area contributed by atoms with E-state index in [1.807, 2.05) is 6.08 Å². The normalized spacial score (nSPS) is 18.9. The Morgan fingerprint density at radius 2 is 0.821 bits per heavy atom. The first kappa shape index (κ1) is 79.1. The van der Waals surface area contributed by atoms with Crippen LogP contribution >= 0.6 is 0 Å². The van der Waals surface area contributed by atoms with Crippen molar-refractivity contribution in [2.24, 2.45) is 0 Å². The number of carbonyl (C=O) groups is 2. The molecule has 0 bridgehead atoms. The molecule has 11 heteroatoms. The van der Waals surface area contributed by atoms with Crippen LogP contribution in [0.1, 0.15) is 316 Å². The first-order valence-corrected chi connectivity index (χ1v) is 35.2. The SMILES string of the molecule is CCCCC/C=C\C/C=C\C/C=C\CCCCCCC(=O)OC1C(OCC(NC(=O)C(O)CCCCCCCCCCCCCCCCCC/C=C\C/C=C\CCCCC)C(O)/C=C/CCCCCCCCCCCC)OC(CO)C(O)C1O. The van der Waals surface area contributed by atoms with E-state index in [9.17, 15) is 35.1 Å². The first-order chi connectivity index (χ1) is 41.2. The largest absolute Gasteiger partial charge is 0.454 e. The lowest BCUT2D eigenvalue weighted by Gasteiger charge is -2.41. The fourth-order valence-electron chi connectivity index (χ4n) is 10.7. The van der Waals surface area contributed by atoms with Gasteiger partial charge in [0.05, 0.1) is 25.4 Å². The minimum Gasteiger partial charge on any atom is -0.454 e. The summed E-state index contributed by atoms with van der Waals surface area (Å²) >= 11 is 0. The summed E-state index contributed by atoms with van der Waals surface area (Å²) in [5.74, 6) is -1.21. The highest BCUT2D eigenvalue weighted by molar-refractivity contribution is 5.80. The standard InChI is InChI=1S/C73H131NO10/c1-4-7-10-13-16-19-22-25-27-29-30-31-32-33-34-35-36-37-39-40-42-45-48-51-54-57-60-66(77)72(81)74-64(65(76)59-56-53-50-47-44-24-21-18-15-12-9-6-3)63-82-73-71(70(80)69(79)67(62-75)83-73)84-68(78)61-58-55-52-49-46-43-41-38-28-26-23-20-17-14-11-8-5-2/h16-17,19-20,25-28,41,43,56,59,64-67,69-71,73,75-77,79-80H,4-15,18,21-24,29-40,42,44-55,57-58,60-63H2,1-3H3,(H,74,81)/b19-16-,20-17-,27-25-,28-26-,43-41-,59-56+. The van der Waals surface area contributed by atoms with E-state index in [4.69, 9.17) is 14.2 Å². The molecule has 11 nitrogen and oxygen atoms in total. The average molecular weight is 1180 g/mol. The summed E-state index contributed by atoms with van der Waals surface area (Å²) in [6.45, 7) is 5.75. The van der Waals surface area contributed by atoms with Gasteiger partial charge in [-0.1, -0.05) is 286 Å². The fraction of sp³-hybridized carbons (Fsp3) is 0.808. The van der Waals surface area contributed by atoms with Crippen LogP contribution in [0.15, 0.2) is 72.9 Å². The van der Waals surface area contributed by atoms with Crippen LogP contribution in [0.5, 0.6) is 0 Å². The van der Waals surface area contributed by atoms with Crippen LogP contribution in [0.3, 0.4) is 0 Å². The molecule has 1 amide bonds. The quantitative estimate of drug-likeness (QED) is 0.0195. The highest BCUT2D eigenvalue weighted by atomic mass is 16.7. The van der Waals surface area contributed by atoms with Gasteiger partial charge in [0.25, 0.3) is 0 Å². The van der Waals surface area contributed by atoms with Gasteiger partial charge >= 0.3 is 5.97 Å². The maximum atomic E-state index is 13.5. The lowest BCUT2D eigenvalue weighted by Crippen LogP contribution is -2.61. The number of hydrogen-bond acceptors (Lipinski definition) is 10. The lowest BCUT2D eigenvalue weighted by molar-refractivity contribution is -0.305. The number of unbranched alkanes of at least 4 members (excludes halogenated alkanes) is 36. The molecule has 6 N–H and O–H groups in total. The Hall–Kier alpha value is -2.90. The third-order valence-electron chi connectivity index (χ3n) is 16.3. The van der Waals surface area contributed by atoms with Gasteiger partial charge in [-0.15, -0.1) is 0 Å². The molecule has 1 fully saturated rings. The second-order valence-electron chi connectivity index (χ2n) is 24.3. The molecule has 0 aliphatic carbocycles. The monoisotopic (exact) mass is 1180 g/mol. The maximum absolute atomic E-state index is 13.5. The van der Waals surface area contributed by atoms with Crippen molar-refractivity contribution in [2.75, 3.05) is 13.2 Å². The molecule has 0 aromatic heterocycles. The number of hydrogen-bond donors (Lipinski definition) is 6. The van der Waals surface area contributed by atoms with Gasteiger partial charge < -0.3 is 45.1 Å². The Morgan fingerprint density at radius 3 is 1.25 bits per heavy atom. The van der Waals surface area contributed by atoms with Crippen molar-refractivity contribution in [1.82, 2.24) is 5.32 Å². The number of allylic oxidation sites excluding steroid dienone is 11. The number of nitrogens with one attached hydrogen (secondary N) is 1. The van der Waals surface area contributed by atoms with E-state index in [-0.39, 0.29) is 19.4 Å². The zero-order valence-corrected chi connectivity index (χ0v) is 54.3. The summed E-state index contributed by atoms with van der Waals surface area (Å²) in [5, 5.41) is 57.2. The molecule has 84 heavy (non-hydrogen) atoms. The average Bonchev–Trinajstić information content (AvgIpc) is 3.69. The molecule has 488 valence electrons. The molecular weight excluding hydrogens is 1050 g/mol. The smallest absolute Gasteiger partial charge is 0.306 e. The second kappa shape index (κ2) is 60.4.